The summed E-state index contributed by atoms with van der Waals surface area (Å²) >= 11 is 0. The maximum absolute atomic E-state index is 5.18. The number of ether oxygens (including phenoxy) is 1. The van der Waals surface area contributed by atoms with Gasteiger partial charge in [-0.25, -0.2) is 0 Å². The van der Waals surface area contributed by atoms with Gasteiger partial charge in [0.1, 0.15) is 5.75 Å². The van der Waals surface area contributed by atoms with Crippen LogP contribution in [0.4, 0.5) is 0 Å². The third kappa shape index (κ3) is 2.25. The molecule has 1 atom stereocenters. The van der Waals surface area contributed by atoms with Gasteiger partial charge in [0.05, 0.1) is 7.11 Å². The molecule has 1 fully saturated rings. The van der Waals surface area contributed by atoms with Crippen molar-refractivity contribution in [3.05, 3.63) is 29.8 Å². The summed E-state index contributed by atoms with van der Waals surface area (Å²) in [4.78, 5) is 0. The van der Waals surface area contributed by atoms with E-state index in [0.717, 1.165) is 25.4 Å². The molecule has 0 spiro atoms. The van der Waals surface area contributed by atoms with E-state index in [-0.39, 0.29) is 0 Å². The Morgan fingerprint density at radius 2 is 2.43 bits per heavy atom. The second kappa shape index (κ2) is 4.44. The summed E-state index contributed by atoms with van der Waals surface area (Å²) < 4.78 is 5.18. The van der Waals surface area contributed by atoms with Crippen LogP contribution in [0.25, 0.3) is 0 Å². The van der Waals surface area contributed by atoms with Crippen LogP contribution in [0.3, 0.4) is 0 Å². The fourth-order valence-corrected chi connectivity index (χ4v) is 1.76. The zero-order chi connectivity index (χ0) is 9.80. The summed E-state index contributed by atoms with van der Waals surface area (Å²) in [5, 5.41) is 6.67. The van der Waals surface area contributed by atoms with Gasteiger partial charge < -0.3 is 15.4 Å². The standard InChI is InChI=1S/C11H16N2O/c1-14-11-4-2-3-9(6-11)5-10-7-12-8-13-10/h2-4,6,10,12-13H,5,7-8H2,1H3. The quantitative estimate of drug-likeness (QED) is 0.741. The van der Waals surface area contributed by atoms with Crippen LogP contribution < -0.4 is 15.4 Å². The van der Waals surface area contributed by atoms with Crippen LogP contribution in [0, 0.1) is 0 Å². The van der Waals surface area contributed by atoms with Crippen LogP contribution in [-0.4, -0.2) is 26.4 Å². The molecule has 2 N–H and O–H groups in total. The van der Waals surface area contributed by atoms with E-state index in [1.54, 1.807) is 7.11 Å². The molecule has 2 rings (SSSR count). The third-order valence-electron chi connectivity index (χ3n) is 2.52. The molecule has 1 aromatic carbocycles. The second-order valence-corrected chi connectivity index (χ2v) is 3.59. The van der Waals surface area contributed by atoms with Crippen LogP contribution in [-0.2, 0) is 6.42 Å². The highest BCUT2D eigenvalue weighted by Gasteiger charge is 2.13. The summed E-state index contributed by atoms with van der Waals surface area (Å²) in [5.74, 6) is 0.938. The Hall–Kier alpha value is -1.06. The number of benzene rings is 1. The van der Waals surface area contributed by atoms with Gasteiger partial charge in [0, 0.05) is 19.3 Å². The lowest BCUT2D eigenvalue weighted by molar-refractivity contribution is 0.414. The van der Waals surface area contributed by atoms with Gasteiger partial charge in [0.2, 0.25) is 0 Å². The van der Waals surface area contributed by atoms with Gasteiger partial charge >= 0.3 is 0 Å². The van der Waals surface area contributed by atoms with Crippen molar-refractivity contribution < 1.29 is 4.74 Å². The smallest absolute Gasteiger partial charge is 0.119 e. The molecular weight excluding hydrogens is 176 g/mol. The van der Waals surface area contributed by atoms with E-state index in [4.69, 9.17) is 4.74 Å². The predicted octanol–water partition coefficient (Wildman–Crippen LogP) is 0.757. The topological polar surface area (TPSA) is 33.3 Å². The molecule has 76 valence electrons. The molecule has 1 aromatic rings. The van der Waals surface area contributed by atoms with Crippen molar-refractivity contribution >= 4 is 0 Å². The number of nitrogens with one attached hydrogen (secondary N) is 2. The molecule has 1 saturated heterocycles. The minimum absolute atomic E-state index is 0.558. The van der Waals surface area contributed by atoms with Crippen molar-refractivity contribution in [2.45, 2.75) is 12.5 Å². The molecule has 0 saturated carbocycles. The zero-order valence-corrected chi connectivity index (χ0v) is 8.42. The van der Waals surface area contributed by atoms with E-state index in [2.05, 4.69) is 22.8 Å². The van der Waals surface area contributed by atoms with Gasteiger partial charge in [-0.05, 0) is 24.1 Å². The first kappa shape index (κ1) is 9.49. The van der Waals surface area contributed by atoms with E-state index in [1.165, 1.54) is 5.56 Å². The van der Waals surface area contributed by atoms with Gasteiger partial charge in [-0.2, -0.15) is 0 Å². The molecule has 1 unspecified atom stereocenters. The molecule has 0 bridgehead atoms. The Bertz CT molecular complexity index is 295. The molecule has 0 radical (unpaired) electrons. The first-order valence-electron chi connectivity index (χ1n) is 4.95. The number of rotatable bonds is 3. The normalized spacial score (nSPS) is 21.1. The van der Waals surface area contributed by atoms with Crippen molar-refractivity contribution in [1.29, 1.82) is 0 Å². The predicted molar refractivity (Wildman–Crippen MR) is 56.5 cm³/mol. The average Bonchev–Trinajstić information content (AvgIpc) is 2.71. The van der Waals surface area contributed by atoms with E-state index >= 15 is 0 Å². The lowest BCUT2D eigenvalue weighted by Gasteiger charge is -2.09. The lowest BCUT2D eigenvalue weighted by atomic mass is 10.1. The lowest BCUT2D eigenvalue weighted by Crippen LogP contribution is -2.25. The second-order valence-electron chi connectivity index (χ2n) is 3.59. The van der Waals surface area contributed by atoms with Crippen molar-refractivity contribution in [3.63, 3.8) is 0 Å². The van der Waals surface area contributed by atoms with E-state index < -0.39 is 0 Å². The number of hydrogen-bond acceptors (Lipinski definition) is 3. The Morgan fingerprint density at radius 1 is 1.50 bits per heavy atom. The molecule has 0 aromatic heterocycles. The molecule has 3 heteroatoms. The zero-order valence-electron chi connectivity index (χ0n) is 8.42. The Morgan fingerprint density at radius 3 is 3.14 bits per heavy atom. The third-order valence-corrected chi connectivity index (χ3v) is 2.52. The number of hydrogen-bond donors (Lipinski definition) is 2. The van der Waals surface area contributed by atoms with Crippen molar-refractivity contribution in [3.8, 4) is 5.75 Å². The summed E-state index contributed by atoms with van der Waals surface area (Å²) in [7, 11) is 1.70. The van der Waals surface area contributed by atoms with Crippen LogP contribution in [0.15, 0.2) is 24.3 Å². The van der Waals surface area contributed by atoms with Crippen LogP contribution >= 0.6 is 0 Å². The molecule has 1 aliphatic heterocycles. The fraction of sp³-hybridized carbons (Fsp3) is 0.455. The SMILES string of the molecule is COc1cccc(CC2CNCN2)c1. The van der Waals surface area contributed by atoms with Gasteiger partial charge in [0.15, 0.2) is 0 Å². The molecule has 14 heavy (non-hydrogen) atoms. The maximum Gasteiger partial charge on any atom is 0.119 e. The van der Waals surface area contributed by atoms with Crippen molar-refractivity contribution in [1.82, 2.24) is 10.6 Å². The Balaban J connectivity index is 2.00. The first-order valence-corrected chi connectivity index (χ1v) is 4.95. The van der Waals surface area contributed by atoms with E-state index in [1.807, 2.05) is 12.1 Å². The molecule has 0 aliphatic carbocycles. The minimum Gasteiger partial charge on any atom is -0.497 e. The van der Waals surface area contributed by atoms with Gasteiger partial charge in [-0.1, -0.05) is 12.1 Å². The highest BCUT2D eigenvalue weighted by Crippen LogP contribution is 2.14. The maximum atomic E-state index is 5.18. The van der Waals surface area contributed by atoms with Gasteiger partial charge in [-0.3, -0.25) is 0 Å². The Kier molecular flexibility index (Phi) is 3.01. The first-order chi connectivity index (χ1) is 6.88. The van der Waals surface area contributed by atoms with Gasteiger partial charge in [-0.15, -0.1) is 0 Å². The molecular formula is C11H16N2O. The summed E-state index contributed by atoms with van der Waals surface area (Å²) in [6.07, 6.45) is 1.06. The molecule has 3 nitrogen and oxygen atoms in total. The van der Waals surface area contributed by atoms with Crippen molar-refractivity contribution in [2.24, 2.45) is 0 Å². The minimum atomic E-state index is 0.558. The fourth-order valence-electron chi connectivity index (χ4n) is 1.76. The van der Waals surface area contributed by atoms with E-state index in [0.29, 0.717) is 6.04 Å². The van der Waals surface area contributed by atoms with Crippen LogP contribution in [0.2, 0.25) is 0 Å². The van der Waals surface area contributed by atoms with E-state index in [9.17, 15) is 0 Å². The summed E-state index contributed by atoms with van der Waals surface area (Å²) in [6, 6.07) is 8.81. The molecule has 0 amide bonds. The van der Waals surface area contributed by atoms with Crippen LogP contribution in [0.1, 0.15) is 5.56 Å². The average molecular weight is 192 g/mol. The summed E-state index contributed by atoms with van der Waals surface area (Å²) in [5.41, 5.74) is 1.32. The highest BCUT2D eigenvalue weighted by molar-refractivity contribution is 5.29. The van der Waals surface area contributed by atoms with Crippen molar-refractivity contribution in [2.75, 3.05) is 20.3 Å². The van der Waals surface area contributed by atoms with Gasteiger partial charge in [0.25, 0.3) is 0 Å². The largest absolute Gasteiger partial charge is 0.497 e. The Labute approximate surface area is 84.5 Å². The molecule has 1 aliphatic rings. The summed E-state index contributed by atoms with van der Waals surface area (Å²) in [6.45, 7) is 1.98. The number of methoxy groups -OCH3 is 1. The van der Waals surface area contributed by atoms with Crippen LogP contribution in [0.5, 0.6) is 5.75 Å². The molecule has 1 heterocycles. The monoisotopic (exact) mass is 192 g/mol. The highest BCUT2D eigenvalue weighted by atomic mass is 16.5.